The molecule has 4 nitrogen and oxygen atoms in total. The van der Waals surface area contributed by atoms with Gasteiger partial charge in [-0.3, -0.25) is 0 Å². The Balaban J connectivity index is 1.94. The van der Waals surface area contributed by atoms with Gasteiger partial charge in [0.2, 0.25) is 5.82 Å². The molecule has 0 N–H and O–H groups in total. The third-order valence-electron chi connectivity index (χ3n) is 2.83. The standard InChI is InChI=1S/C11H19N3OS/c1-2-3-9-15-11-10(12-16-13-11)14-7-5-4-6-8-14/h2-9H2,1H3. The highest BCUT2D eigenvalue weighted by Gasteiger charge is 2.19. The summed E-state index contributed by atoms with van der Waals surface area (Å²) < 4.78 is 14.2. The maximum atomic E-state index is 5.67. The van der Waals surface area contributed by atoms with E-state index >= 15 is 0 Å². The second-order valence-corrected chi connectivity index (χ2v) is 4.67. The van der Waals surface area contributed by atoms with Crippen molar-refractivity contribution in [3.8, 4) is 5.88 Å². The predicted molar refractivity (Wildman–Crippen MR) is 66.4 cm³/mol. The zero-order valence-corrected chi connectivity index (χ0v) is 10.6. The van der Waals surface area contributed by atoms with Gasteiger partial charge in [-0.05, 0) is 25.7 Å². The van der Waals surface area contributed by atoms with E-state index < -0.39 is 0 Å². The average Bonchev–Trinajstić information content (AvgIpc) is 2.79. The lowest BCUT2D eigenvalue weighted by molar-refractivity contribution is 0.300. The van der Waals surface area contributed by atoms with Gasteiger partial charge in [-0.15, -0.1) is 4.37 Å². The first-order valence-corrected chi connectivity index (χ1v) is 6.85. The molecule has 0 atom stereocenters. The van der Waals surface area contributed by atoms with Crippen LogP contribution in [0.3, 0.4) is 0 Å². The molecule has 0 amide bonds. The first kappa shape index (κ1) is 11.6. The van der Waals surface area contributed by atoms with Gasteiger partial charge in [-0.1, -0.05) is 13.3 Å². The summed E-state index contributed by atoms with van der Waals surface area (Å²) in [6.45, 7) is 5.10. The summed E-state index contributed by atoms with van der Waals surface area (Å²) in [4.78, 5) is 2.30. The van der Waals surface area contributed by atoms with E-state index in [0.29, 0.717) is 0 Å². The van der Waals surface area contributed by atoms with Gasteiger partial charge in [0.25, 0.3) is 5.88 Å². The number of piperidine rings is 1. The highest BCUT2D eigenvalue weighted by atomic mass is 32.1. The van der Waals surface area contributed by atoms with Crippen molar-refractivity contribution in [1.29, 1.82) is 0 Å². The van der Waals surface area contributed by atoms with Crippen molar-refractivity contribution in [3.63, 3.8) is 0 Å². The Morgan fingerprint density at radius 1 is 1.25 bits per heavy atom. The summed E-state index contributed by atoms with van der Waals surface area (Å²) in [6.07, 6.45) is 6.07. The summed E-state index contributed by atoms with van der Waals surface area (Å²) in [7, 11) is 0. The van der Waals surface area contributed by atoms with E-state index in [-0.39, 0.29) is 0 Å². The first-order valence-electron chi connectivity index (χ1n) is 6.12. The van der Waals surface area contributed by atoms with Gasteiger partial charge < -0.3 is 9.64 Å². The van der Waals surface area contributed by atoms with Gasteiger partial charge in [0.15, 0.2) is 0 Å². The zero-order chi connectivity index (χ0) is 11.2. The monoisotopic (exact) mass is 241 g/mol. The topological polar surface area (TPSA) is 38.3 Å². The van der Waals surface area contributed by atoms with Crippen LogP contribution in [-0.4, -0.2) is 28.4 Å². The minimum absolute atomic E-state index is 0.736. The van der Waals surface area contributed by atoms with Gasteiger partial charge >= 0.3 is 0 Å². The Morgan fingerprint density at radius 2 is 2.06 bits per heavy atom. The number of hydrogen-bond acceptors (Lipinski definition) is 5. The molecular weight excluding hydrogens is 222 g/mol. The second kappa shape index (κ2) is 6.03. The van der Waals surface area contributed by atoms with Crippen molar-refractivity contribution in [3.05, 3.63) is 0 Å². The summed E-state index contributed by atoms with van der Waals surface area (Å²) in [6, 6.07) is 0. The van der Waals surface area contributed by atoms with Crippen LogP contribution in [0.15, 0.2) is 0 Å². The van der Waals surface area contributed by atoms with Crippen LogP contribution in [0.2, 0.25) is 0 Å². The minimum Gasteiger partial charge on any atom is -0.474 e. The minimum atomic E-state index is 0.736. The third kappa shape index (κ3) is 2.84. The Hall–Kier alpha value is -0.840. The number of aromatic nitrogens is 2. The Morgan fingerprint density at radius 3 is 2.81 bits per heavy atom. The van der Waals surface area contributed by atoms with Crippen molar-refractivity contribution < 1.29 is 4.74 Å². The number of hydrogen-bond donors (Lipinski definition) is 0. The molecule has 0 radical (unpaired) electrons. The van der Waals surface area contributed by atoms with E-state index in [1.54, 1.807) is 0 Å². The molecule has 1 saturated heterocycles. The van der Waals surface area contributed by atoms with Gasteiger partial charge in [-0.2, -0.15) is 4.37 Å². The fraction of sp³-hybridized carbons (Fsp3) is 0.818. The molecule has 0 unspecified atom stereocenters. The molecule has 0 spiro atoms. The molecule has 2 heterocycles. The summed E-state index contributed by atoms with van der Waals surface area (Å²) in [5.74, 6) is 1.70. The lowest BCUT2D eigenvalue weighted by atomic mass is 10.1. The van der Waals surface area contributed by atoms with E-state index in [4.69, 9.17) is 4.74 Å². The number of ether oxygens (including phenoxy) is 1. The molecule has 16 heavy (non-hydrogen) atoms. The SMILES string of the molecule is CCCCOc1nsnc1N1CCCCC1. The van der Waals surface area contributed by atoms with Crippen LogP contribution in [0.4, 0.5) is 5.82 Å². The second-order valence-electron chi connectivity index (χ2n) is 4.14. The van der Waals surface area contributed by atoms with Gasteiger partial charge in [0.1, 0.15) is 0 Å². The molecule has 0 bridgehead atoms. The molecule has 0 aliphatic carbocycles. The summed E-state index contributed by atoms with van der Waals surface area (Å²) >= 11 is 1.25. The van der Waals surface area contributed by atoms with Gasteiger partial charge in [0.05, 0.1) is 18.3 Å². The molecule has 1 aromatic heterocycles. The fourth-order valence-corrected chi connectivity index (χ4v) is 2.40. The lowest BCUT2D eigenvalue weighted by Crippen LogP contribution is -2.30. The average molecular weight is 241 g/mol. The summed E-state index contributed by atoms with van der Waals surface area (Å²) in [5.41, 5.74) is 0. The molecule has 1 aromatic rings. The van der Waals surface area contributed by atoms with Crippen molar-refractivity contribution in [2.24, 2.45) is 0 Å². The largest absolute Gasteiger partial charge is 0.474 e. The Labute approximate surface area is 101 Å². The van der Waals surface area contributed by atoms with E-state index in [0.717, 1.165) is 44.2 Å². The maximum Gasteiger partial charge on any atom is 0.270 e. The summed E-state index contributed by atoms with van der Waals surface area (Å²) in [5, 5.41) is 0. The normalized spacial score (nSPS) is 16.4. The van der Waals surface area contributed by atoms with Crippen molar-refractivity contribution >= 4 is 17.5 Å². The number of nitrogens with zero attached hydrogens (tertiary/aromatic N) is 3. The molecule has 5 heteroatoms. The quantitative estimate of drug-likeness (QED) is 0.743. The maximum absolute atomic E-state index is 5.67. The highest BCUT2D eigenvalue weighted by Crippen LogP contribution is 2.28. The molecule has 90 valence electrons. The third-order valence-corrected chi connectivity index (χ3v) is 3.34. The molecule has 1 aliphatic rings. The Bertz CT molecular complexity index is 310. The van der Waals surface area contributed by atoms with Crippen LogP contribution in [0, 0.1) is 0 Å². The van der Waals surface area contributed by atoms with Gasteiger partial charge in [0, 0.05) is 13.1 Å². The molecule has 1 fully saturated rings. The van der Waals surface area contributed by atoms with Crippen LogP contribution in [0.1, 0.15) is 39.0 Å². The van der Waals surface area contributed by atoms with Crippen LogP contribution < -0.4 is 9.64 Å². The van der Waals surface area contributed by atoms with Crippen LogP contribution in [0.5, 0.6) is 5.88 Å². The van der Waals surface area contributed by atoms with E-state index in [1.165, 1.54) is 31.0 Å². The zero-order valence-electron chi connectivity index (χ0n) is 9.81. The Kier molecular flexibility index (Phi) is 4.39. The number of anilines is 1. The number of rotatable bonds is 5. The van der Waals surface area contributed by atoms with E-state index in [1.807, 2.05) is 0 Å². The smallest absolute Gasteiger partial charge is 0.270 e. The lowest BCUT2D eigenvalue weighted by Gasteiger charge is -2.26. The molecule has 1 aliphatic heterocycles. The van der Waals surface area contributed by atoms with Crippen molar-refractivity contribution in [2.75, 3.05) is 24.6 Å². The molecule has 0 saturated carbocycles. The molecular formula is C11H19N3OS. The van der Waals surface area contributed by atoms with Crippen LogP contribution >= 0.6 is 11.7 Å². The van der Waals surface area contributed by atoms with Crippen molar-refractivity contribution in [2.45, 2.75) is 39.0 Å². The predicted octanol–water partition coefficient (Wildman–Crippen LogP) is 2.71. The van der Waals surface area contributed by atoms with Crippen molar-refractivity contribution in [1.82, 2.24) is 8.75 Å². The first-order chi connectivity index (χ1) is 7.92. The number of unbranched alkanes of at least 4 members (excludes halogenated alkanes) is 1. The molecule has 2 rings (SSSR count). The molecule has 0 aromatic carbocycles. The fourth-order valence-electron chi connectivity index (χ4n) is 1.88. The van der Waals surface area contributed by atoms with E-state index in [9.17, 15) is 0 Å². The van der Waals surface area contributed by atoms with Crippen LogP contribution in [-0.2, 0) is 0 Å². The van der Waals surface area contributed by atoms with E-state index in [2.05, 4.69) is 20.6 Å². The highest BCUT2D eigenvalue weighted by molar-refractivity contribution is 6.99. The van der Waals surface area contributed by atoms with Crippen LogP contribution in [0.25, 0.3) is 0 Å². The van der Waals surface area contributed by atoms with Gasteiger partial charge in [-0.25, -0.2) is 0 Å².